The van der Waals surface area contributed by atoms with Crippen molar-refractivity contribution < 1.29 is 21.6 Å². The highest BCUT2D eigenvalue weighted by atomic mass is 35.5. The van der Waals surface area contributed by atoms with E-state index in [1.807, 2.05) is 6.26 Å². The van der Waals surface area contributed by atoms with Crippen molar-refractivity contribution in [1.29, 1.82) is 0 Å². The maximum atomic E-state index is 13.0. The summed E-state index contributed by atoms with van der Waals surface area (Å²) in [6, 6.07) is 19.1. The summed E-state index contributed by atoms with van der Waals surface area (Å²) in [5, 5.41) is 3.08. The van der Waals surface area contributed by atoms with Gasteiger partial charge in [0.1, 0.15) is 0 Å². The number of carbonyl (C=O) groups is 1. The smallest absolute Gasteiger partial charge is 0.261 e. The molecule has 0 spiro atoms. The number of hydrogen-bond donors (Lipinski definition) is 2. The third kappa shape index (κ3) is 6.47. The van der Waals surface area contributed by atoms with E-state index in [0.29, 0.717) is 18.5 Å². The van der Waals surface area contributed by atoms with E-state index in [1.54, 1.807) is 48.5 Å². The topological polar surface area (TPSA) is 113 Å². The lowest BCUT2D eigenvalue weighted by Gasteiger charge is -2.30. The van der Waals surface area contributed by atoms with E-state index < -0.39 is 20.0 Å². The fourth-order valence-corrected chi connectivity index (χ4v) is 7.16. The van der Waals surface area contributed by atoms with Crippen LogP contribution in [0.15, 0.2) is 87.5 Å². The van der Waals surface area contributed by atoms with Gasteiger partial charge in [0.2, 0.25) is 15.9 Å². The lowest BCUT2D eigenvalue weighted by Crippen LogP contribution is -2.41. The summed E-state index contributed by atoms with van der Waals surface area (Å²) < 4.78 is 55.1. The fraction of sp³-hybridized carbons (Fsp3) is 0.240. The van der Waals surface area contributed by atoms with Crippen molar-refractivity contribution in [2.75, 3.05) is 29.4 Å². The highest BCUT2D eigenvalue weighted by molar-refractivity contribution is 7.98. The lowest BCUT2D eigenvalue weighted by molar-refractivity contribution is -0.120. The minimum absolute atomic E-state index is 0.0227. The van der Waals surface area contributed by atoms with Gasteiger partial charge in [0.15, 0.2) is 0 Å². The number of hydrogen-bond acceptors (Lipinski definition) is 6. The van der Waals surface area contributed by atoms with Crippen LogP contribution in [-0.4, -0.2) is 46.4 Å². The number of rotatable bonds is 8. The molecule has 0 aromatic heterocycles. The van der Waals surface area contributed by atoms with E-state index >= 15 is 0 Å². The van der Waals surface area contributed by atoms with Gasteiger partial charge in [-0.3, -0.25) is 9.52 Å². The maximum absolute atomic E-state index is 13.0. The van der Waals surface area contributed by atoms with Gasteiger partial charge in [-0.1, -0.05) is 23.7 Å². The molecule has 1 aliphatic heterocycles. The molecule has 0 bridgehead atoms. The van der Waals surface area contributed by atoms with Gasteiger partial charge in [-0.2, -0.15) is 4.31 Å². The number of nitrogens with zero attached hydrogens (tertiary/aromatic N) is 1. The SMILES string of the molecule is CSc1ccc(S(=O)(=O)N2CCC(C(=O)Nc3ccc(S(=O)(=O)Nc4ccccc4Cl)cc3)CC2)cc1. The van der Waals surface area contributed by atoms with Gasteiger partial charge in [-0.15, -0.1) is 11.8 Å². The van der Waals surface area contributed by atoms with Gasteiger partial charge in [0.05, 0.1) is 20.5 Å². The lowest BCUT2D eigenvalue weighted by atomic mass is 9.97. The van der Waals surface area contributed by atoms with Gasteiger partial charge in [-0.25, -0.2) is 16.8 Å². The molecular formula is C25H26ClN3O5S3. The van der Waals surface area contributed by atoms with Crippen molar-refractivity contribution in [2.24, 2.45) is 5.92 Å². The Morgan fingerprint density at radius 3 is 2.08 bits per heavy atom. The second kappa shape index (κ2) is 11.4. The Kier molecular flexibility index (Phi) is 8.49. The molecule has 4 rings (SSSR count). The standard InChI is InChI=1S/C25H26ClN3O5S3/c1-35-20-8-12-22(13-9-20)37(33,34)29-16-14-18(15-17-29)25(30)27-19-6-10-21(11-7-19)36(31,32)28-24-5-3-2-4-23(24)26/h2-13,18,28H,14-17H2,1H3,(H,27,30). The number of piperidine rings is 1. The monoisotopic (exact) mass is 579 g/mol. The number of thioether (sulfide) groups is 1. The van der Waals surface area contributed by atoms with E-state index in [1.165, 1.54) is 40.3 Å². The first kappa shape index (κ1) is 27.5. The maximum Gasteiger partial charge on any atom is 0.261 e. The summed E-state index contributed by atoms with van der Waals surface area (Å²) in [5.41, 5.74) is 0.720. The summed E-state index contributed by atoms with van der Waals surface area (Å²) in [7, 11) is -7.48. The summed E-state index contributed by atoms with van der Waals surface area (Å²) in [5.74, 6) is -0.582. The van der Waals surface area contributed by atoms with E-state index in [-0.39, 0.29) is 45.4 Å². The Hall–Kier alpha value is -2.57. The zero-order valence-corrected chi connectivity index (χ0v) is 23.1. The van der Waals surface area contributed by atoms with Gasteiger partial charge < -0.3 is 5.32 Å². The molecular weight excluding hydrogens is 554 g/mol. The average molecular weight is 580 g/mol. The predicted octanol–water partition coefficient (Wildman–Crippen LogP) is 4.90. The molecule has 1 amide bonds. The number of benzene rings is 3. The van der Waals surface area contributed by atoms with Crippen LogP contribution in [0, 0.1) is 5.92 Å². The molecule has 12 heteroatoms. The first-order valence-corrected chi connectivity index (χ1v) is 16.0. The minimum Gasteiger partial charge on any atom is -0.326 e. The molecule has 2 N–H and O–H groups in total. The molecule has 1 heterocycles. The van der Waals surface area contributed by atoms with Gasteiger partial charge >= 0.3 is 0 Å². The third-order valence-corrected chi connectivity index (χ3v) is 10.4. The van der Waals surface area contributed by atoms with Crippen molar-refractivity contribution in [2.45, 2.75) is 27.5 Å². The summed E-state index contributed by atoms with van der Waals surface area (Å²) in [6.07, 6.45) is 2.71. The van der Waals surface area contributed by atoms with Crippen LogP contribution >= 0.6 is 23.4 Å². The molecule has 3 aromatic carbocycles. The minimum atomic E-state index is -3.86. The van der Waals surface area contributed by atoms with E-state index in [0.717, 1.165) is 4.90 Å². The van der Waals surface area contributed by atoms with Crippen molar-refractivity contribution >= 4 is 60.7 Å². The van der Waals surface area contributed by atoms with Crippen LogP contribution in [0.4, 0.5) is 11.4 Å². The second-order valence-electron chi connectivity index (χ2n) is 8.45. The van der Waals surface area contributed by atoms with Crippen LogP contribution in [-0.2, 0) is 24.8 Å². The highest BCUT2D eigenvalue weighted by Gasteiger charge is 2.32. The predicted molar refractivity (Wildman–Crippen MR) is 147 cm³/mol. The van der Waals surface area contributed by atoms with Crippen LogP contribution in [0.25, 0.3) is 0 Å². The Bertz CT molecular complexity index is 1470. The van der Waals surface area contributed by atoms with Crippen LogP contribution in [0.5, 0.6) is 0 Å². The zero-order chi connectivity index (χ0) is 26.6. The van der Waals surface area contributed by atoms with Crippen molar-refractivity contribution in [3.05, 3.63) is 77.8 Å². The summed E-state index contributed by atoms with van der Waals surface area (Å²) in [6.45, 7) is 0.491. The Balaban J connectivity index is 1.34. The average Bonchev–Trinajstić information content (AvgIpc) is 2.90. The van der Waals surface area contributed by atoms with Gasteiger partial charge in [-0.05, 0) is 79.8 Å². The number of halogens is 1. The molecule has 37 heavy (non-hydrogen) atoms. The molecule has 0 aliphatic carbocycles. The van der Waals surface area contributed by atoms with E-state index in [2.05, 4.69) is 10.0 Å². The highest BCUT2D eigenvalue weighted by Crippen LogP contribution is 2.27. The van der Waals surface area contributed by atoms with Crippen molar-refractivity contribution in [3.8, 4) is 0 Å². The van der Waals surface area contributed by atoms with Crippen LogP contribution < -0.4 is 10.0 Å². The molecule has 196 valence electrons. The van der Waals surface area contributed by atoms with E-state index in [9.17, 15) is 21.6 Å². The largest absolute Gasteiger partial charge is 0.326 e. The normalized spacial score (nSPS) is 15.3. The summed E-state index contributed by atoms with van der Waals surface area (Å²) >= 11 is 7.58. The third-order valence-electron chi connectivity index (χ3n) is 6.07. The molecule has 0 saturated carbocycles. The quantitative estimate of drug-likeness (QED) is 0.367. The Morgan fingerprint density at radius 1 is 0.892 bits per heavy atom. The van der Waals surface area contributed by atoms with Crippen molar-refractivity contribution in [3.63, 3.8) is 0 Å². The number of carbonyl (C=O) groups excluding carboxylic acids is 1. The number of nitrogens with one attached hydrogen (secondary N) is 2. The zero-order valence-electron chi connectivity index (χ0n) is 19.9. The molecule has 0 unspecified atom stereocenters. The Morgan fingerprint density at radius 2 is 1.49 bits per heavy atom. The van der Waals surface area contributed by atoms with Crippen LogP contribution in [0.3, 0.4) is 0 Å². The Labute approximate surface area is 226 Å². The number of para-hydroxylation sites is 1. The molecule has 3 aromatic rings. The van der Waals surface area contributed by atoms with Crippen LogP contribution in [0.2, 0.25) is 5.02 Å². The summed E-state index contributed by atoms with van der Waals surface area (Å²) in [4.78, 5) is 14.0. The molecule has 1 aliphatic rings. The van der Waals surface area contributed by atoms with Gasteiger partial charge in [0.25, 0.3) is 10.0 Å². The number of anilines is 2. The van der Waals surface area contributed by atoms with Gasteiger partial charge in [0, 0.05) is 29.6 Å². The molecule has 8 nitrogen and oxygen atoms in total. The molecule has 1 saturated heterocycles. The molecule has 0 radical (unpaired) electrons. The second-order valence-corrected chi connectivity index (χ2v) is 13.4. The van der Waals surface area contributed by atoms with Crippen LogP contribution in [0.1, 0.15) is 12.8 Å². The first-order valence-electron chi connectivity index (χ1n) is 11.4. The van der Waals surface area contributed by atoms with E-state index in [4.69, 9.17) is 11.6 Å². The van der Waals surface area contributed by atoms with Crippen molar-refractivity contribution in [1.82, 2.24) is 4.31 Å². The first-order chi connectivity index (χ1) is 17.6. The molecule has 1 fully saturated rings. The number of sulfonamides is 2. The fourth-order valence-electron chi connectivity index (χ4n) is 3.96. The number of amides is 1. The molecule has 0 atom stereocenters.